The highest BCUT2D eigenvalue weighted by atomic mass is 15.2. The van der Waals surface area contributed by atoms with Gasteiger partial charge in [-0.2, -0.15) is 0 Å². The van der Waals surface area contributed by atoms with E-state index in [2.05, 4.69) is 474 Å². The summed E-state index contributed by atoms with van der Waals surface area (Å²) in [6, 6.07) is 144. The second-order valence-corrected chi connectivity index (χ2v) is 37.3. The van der Waals surface area contributed by atoms with Gasteiger partial charge in [0.2, 0.25) is 0 Å². The van der Waals surface area contributed by atoms with E-state index < -0.39 is 0 Å². The van der Waals surface area contributed by atoms with Gasteiger partial charge >= 0.3 is 0 Å². The van der Waals surface area contributed by atoms with Gasteiger partial charge in [-0.1, -0.05) is 374 Å². The van der Waals surface area contributed by atoms with E-state index in [1.165, 1.54) is 87.6 Å². The van der Waals surface area contributed by atoms with E-state index in [0.717, 1.165) is 124 Å². The molecule has 2 aliphatic heterocycles. The Hall–Kier alpha value is -13.5. The summed E-state index contributed by atoms with van der Waals surface area (Å²) in [5, 5.41) is 7.67. The first-order valence-electron chi connectivity index (χ1n) is 42.6. The van der Waals surface area contributed by atoms with Crippen molar-refractivity contribution in [3.8, 4) is 89.0 Å². The molecule has 0 saturated heterocycles. The van der Waals surface area contributed by atoms with Crippen LogP contribution in [0.1, 0.15) is 105 Å². The highest BCUT2D eigenvalue weighted by Gasteiger charge is 2.47. The van der Waals surface area contributed by atoms with Crippen LogP contribution in [0.2, 0.25) is 0 Å². The molecule has 0 atom stereocenters. The van der Waals surface area contributed by atoms with Crippen molar-refractivity contribution < 1.29 is 0 Å². The molecular formula is C116H98BN3. The fourth-order valence-electron chi connectivity index (χ4n) is 18.9. The molecule has 0 amide bonds. The number of benzene rings is 18. The van der Waals surface area contributed by atoms with Gasteiger partial charge in [-0.3, -0.25) is 0 Å². The van der Waals surface area contributed by atoms with Crippen LogP contribution in [-0.4, -0.2) is 6.71 Å². The molecule has 0 bridgehead atoms. The standard InChI is InChI=1S/C116H98BN3/c1-113(2,3)89-62-86-48-49-87-63-90(114(4,5)6)72-101-96(65-88(64-89)108(86)109(87)101)85-54-60-102-105(67-85)120(112-99(82-44-30-18-31-45-82)70-92(116(10,11)12)71-100(112)83-46-32-19-33-47-83)107-74-95(118(93-56-50-78(51-57-93)75-34-20-13-21-35-75)94-58-52-79(53-59-94)76-36-22-14-23-37-76)73-106-110(107)117(102)103-66-84(77-38-24-15-25-39-77)55-61-104(103)119(106)111-97(80-40-26-16-27-41-80)68-91(115(7,8)9)69-98(111)81-42-28-17-29-43-81/h13-74H,1-12H3. The normalized spacial score (nSPS) is 12.8. The van der Waals surface area contributed by atoms with Crippen LogP contribution >= 0.6 is 0 Å². The zero-order chi connectivity index (χ0) is 82.1. The summed E-state index contributed by atoms with van der Waals surface area (Å²) >= 11 is 0. The van der Waals surface area contributed by atoms with Crippen molar-refractivity contribution in [1.29, 1.82) is 0 Å². The number of hydrogen-bond donors (Lipinski definition) is 0. The van der Waals surface area contributed by atoms with Gasteiger partial charge in [0.05, 0.1) is 17.1 Å². The van der Waals surface area contributed by atoms with E-state index in [9.17, 15) is 0 Å². The van der Waals surface area contributed by atoms with Crippen LogP contribution in [-0.2, 0) is 21.7 Å². The van der Waals surface area contributed by atoms with Crippen LogP contribution in [0, 0.1) is 0 Å². The van der Waals surface area contributed by atoms with Gasteiger partial charge in [-0.25, -0.2) is 0 Å². The zero-order valence-electron chi connectivity index (χ0n) is 70.7. The van der Waals surface area contributed by atoms with Crippen molar-refractivity contribution in [2.45, 2.75) is 105 Å². The lowest BCUT2D eigenvalue weighted by Crippen LogP contribution is -2.61. The second kappa shape index (κ2) is 29.2. The molecule has 0 fully saturated rings. The topological polar surface area (TPSA) is 9.72 Å². The molecule has 0 spiro atoms. The number of rotatable bonds is 13. The molecule has 0 saturated carbocycles. The van der Waals surface area contributed by atoms with Crippen LogP contribution in [0.15, 0.2) is 376 Å². The molecule has 4 heteroatoms. The van der Waals surface area contributed by atoms with E-state index in [4.69, 9.17) is 0 Å². The minimum atomic E-state index is -0.327. The third-order valence-electron chi connectivity index (χ3n) is 25.3. The van der Waals surface area contributed by atoms with Gasteiger partial charge in [-0.15, -0.1) is 0 Å². The minimum absolute atomic E-state index is 0.0992. The van der Waals surface area contributed by atoms with E-state index in [1.807, 2.05) is 0 Å². The molecule has 580 valence electrons. The predicted molar refractivity (Wildman–Crippen MR) is 517 cm³/mol. The molecule has 0 radical (unpaired) electrons. The van der Waals surface area contributed by atoms with Crippen molar-refractivity contribution in [2.24, 2.45) is 0 Å². The number of hydrogen-bond acceptors (Lipinski definition) is 3. The quantitative estimate of drug-likeness (QED) is 0.0841. The van der Waals surface area contributed by atoms with Crippen LogP contribution < -0.4 is 31.1 Å². The molecule has 0 unspecified atom stereocenters. The molecule has 0 aromatic heterocycles. The zero-order valence-corrected chi connectivity index (χ0v) is 70.7. The Morgan fingerprint density at radius 1 is 0.217 bits per heavy atom. The summed E-state index contributed by atoms with van der Waals surface area (Å²) in [6.07, 6.45) is 0. The summed E-state index contributed by atoms with van der Waals surface area (Å²) in [4.78, 5) is 8.02. The summed E-state index contributed by atoms with van der Waals surface area (Å²) < 4.78 is 0. The lowest BCUT2D eigenvalue weighted by Gasteiger charge is -2.46. The molecule has 0 N–H and O–H groups in total. The molecule has 18 aromatic carbocycles. The first kappa shape index (κ1) is 75.2. The van der Waals surface area contributed by atoms with Gasteiger partial charge in [0.1, 0.15) is 0 Å². The van der Waals surface area contributed by atoms with Gasteiger partial charge in [0.15, 0.2) is 0 Å². The fraction of sp³-hybridized carbons (Fsp3) is 0.138. The molecule has 120 heavy (non-hydrogen) atoms. The van der Waals surface area contributed by atoms with Crippen LogP contribution in [0.5, 0.6) is 0 Å². The fourth-order valence-corrected chi connectivity index (χ4v) is 18.9. The van der Waals surface area contributed by atoms with Crippen molar-refractivity contribution in [3.63, 3.8) is 0 Å². The van der Waals surface area contributed by atoms with Crippen molar-refractivity contribution in [3.05, 3.63) is 398 Å². The Morgan fingerprint density at radius 3 is 0.958 bits per heavy atom. The van der Waals surface area contributed by atoms with E-state index in [1.54, 1.807) is 0 Å². The third-order valence-corrected chi connectivity index (χ3v) is 25.3. The van der Waals surface area contributed by atoms with Gasteiger partial charge in [-0.05, 0) is 244 Å². The lowest BCUT2D eigenvalue weighted by molar-refractivity contribution is 0.590. The maximum Gasteiger partial charge on any atom is 0.252 e. The molecular weight excluding hydrogens is 1450 g/mol. The number of anilines is 9. The molecule has 2 aliphatic rings. The highest BCUT2D eigenvalue weighted by Crippen LogP contribution is 2.57. The van der Waals surface area contributed by atoms with Crippen LogP contribution in [0.3, 0.4) is 0 Å². The minimum Gasteiger partial charge on any atom is -0.310 e. The number of nitrogens with zero attached hydrogens (tertiary/aromatic N) is 3. The Labute approximate surface area is 708 Å². The Bertz CT molecular complexity index is 6730. The van der Waals surface area contributed by atoms with Crippen LogP contribution in [0.25, 0.3) is 121 Å². The average molecular weight is 1540 g/mol. The summed E-state index contributed by atoms with van der Waals surface area (Å²) in [5.41, 5.74) is 36.1. The first-order chi connectivity index (χ1) is 58.0. The lowest BCUT2D eigenvalue weighted by atomic mass is 9.33. The molecule has 2 heterocycles. The second-order valence-electron chi connectivity index (χ2n) is 37.3. The third kappa shape index (κ3) is 13.3. The Balaban J connectivity index is 0.992. The summed E-state index contributed by atoms with van der Waals surface area (Å²) in [6.45, 7) is 28.0. The molecule has 3 nitrogen and oxygen atoms in total. The largest absolute Gasteiger partial charge is 0.310 e. The summed E-state index contributed by atoms with van der Waals surface area (Å²) in [5.74, 6) is 0. The number of fused-ring (bicyclic) bond motifs is 4. The van der Waals surface area contributed by atoms with E-state index in [0.29, 0.717) is 0 Å². The maximum atomic E-state index is 2.77. The molecule has 18 aromatic rings. The van der Waals surface area contributed by atoms with Crippen molar-refractivity contribution in [2.75, 3.05) is 14.7 Å². The predicted octanol–water partition coefficient (Wildman–Crippen LogP) is 30.7. The molecule has 0 aliphatic carbocycles. The van der Waals surface area contributed by atoms with E-state index in [-0.39, 0.29) is 28.4 Å². The Kier molecular flexibility index (Phi) is 18.3. The van der Waals surface area contributed by atoms with E-state index >= 15 is 0 Å². The average Bonchev–Trinajstić information content (AvgIpc) is 0.684. The Morgan fingerprint density at radius 2 is 0.550 bits per heavy atom. The first-order valence-corrected chi connectivity index (χ1v) is 42.6. The monoisotopic (exact) mass is 1540 g/mol. The van der Waals surface area contributed by atoms with Crippen molar-refractivity contribution in [1.82, 2.24) is 0 Å². The smallest absolute Gasteiger partial charge is 0.252 e. The highest BCUT2D eigenvalue weighted by molar-refractivity contribution is 7.00. The molecule has 20 rings (SSSR count). The van der Waals surface area contributed by atoms with Gasteiger partial charge < -0.3 is 14.7 Å². The SMILES string of the molecule is CC(C)(C)c1cc(-c2ccccc2)c(N2c3ccc(-c4ccccc4)cc3B3c4ccc(-c5cc6cc(C(C)(C)C)cc7ccc8cc(C(C)(C)C)cc5c8c76)cc4N(c4c(-c5ccccc5)cc(C(C)(C)C)cc4-c4ccccc4)c4cc(N(c5ccc(-c6ccccc6)cc5)c5ccc(-c6ccccc6)cc5)cc2c43)c(-c2ccccc2)c1. The van der Waals surface area contributed by atoms with Gasteiger partial charge in [0.25, 0.3) is 6.71 Å². The van der Waals surface area contributed by atoms with Crippen molar-refractivity contribution >= 4 is 107 Å². The summed E-state index contributed by atoms with van der Waals surface area (Å²) in [7, 11) is 0. The maximum absolute atomic E-state index is 2.77. The van der Waals surface area contributed by atoms with Crippen LogP contribution in [0.4, 0.5) is 51.2 Å². The van der Waals surface area contributed by atoms with Gasteiger partial charge in [0, 0.05) is 56.4 Å².